The number of thioether (sulfide) groups is 1. The molecule has 0 saturated carbocycles. The normalized spacial score (nSPS) is 10.9. The zero-order chi connectivity index (χ0) is 24.7. The van der Waals surface area contributed by atoms with E-state index < -0.39 is 0 Å². The van der Waals surface area contributed by atoms with Crippen LogP contribution in [0.3, 0.4) is 0 Å². The second-order valence-electron chi connectivity index (χ2n) is 8.42. The summed E-state index contributed by atoms with van der Waals surface area (Å²) in [5.41, 5.74) is 4.04. The molecule has 9 heteroatoms. The average Bonchev–Trinajstić information content (AvgIpc) is 3.15. The van der Waals surface area contributed by atoms with E-state index in [-0.39, 0.29) is 30.7 Å². The van der Waals surface area contributed by atoms with Crippen LogP contribution in [-0.2, 0) is 23.2 Å². The lowest BCUT2D eigenvalue weighted by molar-refractivity contribution is -0.123. The second-order valence-corrected chi connectivity index (χ2v) is 9.36. The van der Waals surface area contributed by atoms with Gasteiger partial charge in [0.1, 0.15) is 5.75 Å². The van der Waals surface area contributed by atoms with Crippen molar-refractivity contribution in [2.75, 3.05) is 17.7 Å². The summed E-state index contributed by atoms with van der Waals surface area (Å²) in [6, 6.07) is 13.7. The molecule has 0 unspecified atom stereocenters. The van der Waals surface area contributed by atoms with E-state index >= 15 is 0 Å². The molecule has 0 radical (unpaired) electrons. The summed E-state index contributed by atoms with van der Waals surface area (Å²) in [5.74, 6) is 1.45. The molecule has 34 heavy (non-hydrogen) atoms. The van der Waals surface area contributed by atoms with E-state index in [0.29, 0.717) is 16.9 Å². The van der Waals surface area contributed by atoms with Crippen molar-refractivity contribution in [3.63, 3.8) is 0 Å². The summed E-state index contributed by atoms with van der Waals surface area (Å²) in [4.78, 5) is 24.6. The largest absolute Gasteiger partial charge is 0.483 e. The molecule has 180 valence electrons. The number of anilines is 1. The van der Waals surface area contributed by atoms with Crippen molar-refractivity contribution < 1.29 is 14.3 Å². The fourth-order valence-electron chi connectivity index (χ4n) is 3.20. The van der Waals surface area contributed by atoms with Gasteiger partial charge in [0.15, 0.2) is 17.6 Å². The monoisotopic (exact) mass is 481 g/mol. The maximum atomic E-state index is 12.3. The van der Waals surface area contributed by atoms with Gasteiger partial charge < -0.3 is 19.9 Å². The Morgan fingerprint density at radius 2 is 1.74 bits per heavy atom. The van der Waals surface area contributed by atoms with Crippen LogP contribution in [0.1, 0.15) is 42.3 Å². The minimum absolute atomic E-state index is 0.0815. The Bertz CT molecular complexity index is 1140. The Hall–Kier alpha value is -3.33. The average molecular weight is 482 g/mol. The molecule has 0 aliphatic rings. The molecule has 0 aliphatic carbocycles. The molecule has 2 aromatic carbocycles. The van der Waals surface area contributed by atoms with Gasteiger partial charge in [-0.25, -0.2) is 0 Å². The summed E-state index contributed by atoms with van der Waals surface area (Å²) in [7, 11) is 1.81. The van der Waals surface area contributed by atoms with Crippen molar-refractivity contribution >= 4 is 29.3 Å². The number of aryl methyl sites for hydroxylation is 2. The first-order valence-corrected chi connectivity index (χ1v) is 12.1. The van der Waals surface area contributed by atoms with Gasteiger partial charge in [-0.15, -0.1) is 10.2 Å². The number of ether oxygens (including phenoxy) is 1. The number of hydrogen-bond donors (Lipinski definition) is 2. The van der Waals surface area contributed by atoms with Crippen LogP contribution in [0.25, 0.3) is 0 Å². The zero-order valence-electron chi connectivity index (χ0n) is 20.2. The zero-order valence-corrected chi connectivity index (χ0v) is 21.0. The third-order valence-corrected chi connectivity index (χ3v) is 6.21. The minimum Gasteiger partial charge on any atom is -0.483 e. The molecule has 2 N–H and O–H groups in total. The molecule has 1 heterocycles. The van der Waals surface area contributed by atoms with Gasteiger partial charge in [-0.05, 0) is 49.1 Å². The van der Waals surface area contributed by atoms with Gasteiger partial charge >= 0.3 is 0 Å². The van der Waals surface area contributed by atoms with E-state index in [0.717, 1.165) is 28.1 Å². The van der Waals surface area contributed by atoms with E-state index in [9.17, 15) is 9.59 Å². The predicted octanol–water partition coefficient (Wildman–Crippen LogP) is 3.98. The summed E-state index contributed by atoms with van der Waals surface area (Å²) in [6.45, 7) is 8.30. The molecular weight excluding hydrogens is 450 g/mol. The van der Waals surface area contributed by atoms with Gasteiger partial charge in [-0.2, -0.15) is 0 Å². The standard InChI is InChI=1S/C25H31N5O3S/c1-16(2)20-11-8-18(4)12-21(20)33-14-23(31)26-13-22-28-29-25(30(22)5)34-15-24(32)27-19-9-6-17(3)7-10-19/h6-12,16H,13-15H2,1-5H3,(H,26,31)(H,27,32). The lowest BCUT2D eigenvalue weighted by Gasteiger charge is -2.14. The maximum Gasteiger partial charge on any atom is 0.258 e. The van der Waals surface area contributed by atoms with Crippen LogP contribution in [0.5, 0.6) is 5.75 Å². The Morgan fingerprint density at radius 3 is 2.44 bits per heavy atom. The van der Waals surface area contributed by atoms with Gasteiger partial charge in [-0.1, -0.05) is 55.4 Å². The van der Waals surface area contributed by atoms with E-state index in [1.807, 2.05) is 56.3 Å². The molecule has 0 spiro atoms. The molecule has 0 fully saturated rings. The first kappa shape index (κ1) is 25.3. The molecular formula is C25H31N5O3S. The topological polar surface area (TPSA) is 98.1 Å². The number of rotatable bonds is 10. The predicted molar refractivity (Wildman–Crippen MR) is 134 cm³/mol. The first-order valence-electron chi connectivity index (χ1n) is 11.1. The first-order chi connectivity index (χ1) is 16.2. The third-order valence-electron chi connectivity index (χ3n) is 5.19. The number of aromatic nitrogens is 3. The molecule has 0 saturated heterocycles. The number of hydrogen-bond acceptors (Lipinski definition) is 6. The minimum atomic E-state index is -0.245. The molecule has 8 nitrogen and oxygen atoms in total. The molecule has 0 atom stereocenters. The summed E-state index contributed by atoms with van der Waals surface area (Å²) < 4.78 is 7.55. The smallest absolute Gasteiger partial charge is 0.258 e. The Labute approximate surface area is 204 Å². The lowest BCUT2D eigenvalue weighted by atomic mass is 10.0. The van der Waals surface area contributed by atoms with Gasteiger partial charge in [0, 0.05) is 12.7 Å². The van der Waals surface area contributed by atoms with Crippen molar-refractivity contribution in [2.45, 2.75) is 45.3 Å². The molecule has 0 aliphatic heterocycles. The fraction of sp³-hybridized carbons (Fsp3) is 0.360. The molecule has 3 rings (SSSR count). The molecule has 3 aromatic rings. The van der Waals surface area contributed by atoms with Crippen molar-refractivity contribution in [1.82, 2.24) is 20.1 Å². The fourth-order valence-corrected chi connectivity index (χ4v) is 3.93. The van der Waals surface area contributed by atoms with E-state index in [2.05, 4.69) is 34.7 Å². The van der Waals surface area contributed by atoms with E-state index in [1.54, 1.807) is 11.6 Å². The van der Waals surface area contributed by atoms with Gasteiger partial charge in [-0.3, -0.25) is 9.59 Å². The van der Waals surface area contributed by atoms with Crippen molar-refractivity contribution in [3.05, 3.63) is 65.0 Å². The Morgan fingerprint density at radius 1 is 1.03 bits per heavy atom. The molecule has 2 amide bonds. The van der Waals surface area contributed by atoms with Crippen molar-refractivity contribution in [3.8, 4) is 5.75 Å². The SMILES string of the molecule is Cc1ccc(NC(=O)CSc2nnc(CNC(=O)COc3cc(C)ccc3C(C)C)n2C)cc1. The van der Waals surface area contributed by atoms with Gasteiger partial charge in [0.05, 0.1) is 12.3 Å². The second kappa shape index (κ2) is 11.7. The molecule has 0 bridgehead atoms. The van der Waals surface area contributed by atoms with Crippen LogP contribution < -0.4 is 15.4 Å². The quantitative estimate of drug-likeness (QED) is 0.425. The highest BCUT2D eigenvalue weighted by Crippen LogP contribution is 2.27. The number of carbonyl (C=O) groups excluding carboxylic acids is 2. The number of nitrogens with one attached hydrogen (secondary N) is 2. The van der Waals surface area contributed by atoms with Crippen molar-refractivity contribution in [2.24, 2.45) is 7.05 Å². The van der Waals surface area contributed by atoms with Crippen LogP contribution in [0.2, 0.25) is 0 Å². The van der Waals surface area contributed by atoms with Gasteiger partial charge in [0.25, 0.3) is 5.91 Å². The maximum absolute atomic E-state index is 12.3. The van der Waals surface area contributed by atoms with Gasteiger partial charge in [0.2, 0.25) is 5.91 Å². The summed E-state index contributed by atoms with van der Waals surface area (Å²) in [6.07, 6.45) is 0. The van der Waals surface area contributed by atoms with Crippen LogP contribution >= 0.6 is 11.8 Å². The number of nitrogens with zero attached hydrogens (tertiary/aromatic N) is 3. The summed E-state index contributed by atoms with van der Waals surface area (Å²) >= 11 is 1.29. The highest BCUT2D eigenvalue weighted by Gasteiger charge is 2.14. The number of amides is 2. The van der Waals surface area contributed by atoms with Crippen molar-refractivity contribution in [1.29, 1.82) is 0 Å². The Kier molecular flexibility index (Phi) is 8.70. The summed E-state index contributed by atoms with van der Waals surface area (Å²) in [5, 5.41) is 14.5. The highest BCUT2D eigenvalue weighted by atomic mass is 32.2. The number of carbonyl (C=O) groups is 2. The third kappa shape index (κ3) is 7.08. The highest BCUT2D eigenvalue weighted by molar-refractivity contribution is 7.99. The number of benzene rings is 2. The molecule has 1 aromatic heterocycles. The van der Waals surface area contributed by atoms with Crippen LogP contribution in [0.4, 0.5) is 5.69 Å². The Balaban J connectivity index is 1.47. The van der Waals surface area contributed by atoms with E-state index in [1.165, 1.54) is 11.8 Å². The lowest BCUT2D eigenvalue weighted by Crippen LogP contribution is -2.29. The van der Waals surface area contributed by atoms with E-state index in [4.69, 9.17) is 4.74 Å². The van der Waals surface area contributed by atoms with Crippen LogP contribution in [0.15, 0.2) is 47.6 Å². The van der Waals surface area contributed by atoms with Crippen LogP contribution in [0, 0.1) is 13.8 Å². The van der Waals surface area contributed by atoms with Crippen LogP contribution in [-0.4, -0.2) is 38.9 Å².